The molecule has 2 nitrogen and oxygen atoms in total. The summed E-state index contributed by atoms with van der Waals surface area (Å²) in [5, 5.41) is 10.7. The highest BCUT2D eigenvalue weighted by Crippen LogP contribution is 2.30. The molecule has 0 amide bonds. The van der Waals surface area contributed by atoms with Crippen LogP contribution in [0.4, 0.5) is 0 Å². The van der Waals surface area contributed by atoms with Gasteiger partial charge >= 0.3 is 0 Å². The van der Waals surface area contributed by atoms with Gasteiger partial charge in [-0.3, -0.25) is 0 Å². The zero-order valence-corrected chi connectivity index (χ0v) is 11.9. The molecular weight excluding hydrogens is 268 g/mol. The molecule has 0 unspecified atom stereocenters. The van der Waals surface area contributed by atoms with Gasteiger partial charge in [0.2, 0.25) is 0 Å². The Balaban J connectivity index is 2.17. The molecule has 2 aromatic carbocycles. The second-order valence-corrected chi connectivity index (χ2v) is 5.23. The fraction of sp³-hybridized carbons (Fsp3) is 0.118. The lowest BCUT2D eigenvalue weighted by molar-refractivity contribution is 0.835. The first-order valence-corrected chi connectivity index (χ1v) is 6.81. The minimum Gasteiger partial charge on any atom is -0.326 e. The van der Waals surface area contributed by atoms with E-state index in [4.69, 9.17) is 11.6 Å². The zero-order chi connectivity index (χ0) is 14.1. The second-order valence-electron chi connectivity index (χ2n) is 4.87. The van der Waals surface area contributed by atoms with Crippen LogP contribution in [-0.4, -0.2) is 4.57 Å². The van der Waals surface area contributed by atoms with Gasteiger partial charge in [-0.1, -0.05) is 59.6 Å². The number of halogens is 1. The molecule has 0 aliphatic rings. The van der Waals surface area contributed by atoms with Crippen LogP contribution >= 0.6 is 11.6 Å². The van der Waals surface area contributed by atoms with Gasteiger partial charge in [0.05, 0.1) is 11.1 Å². The standard InChI is InChI=1S/C17H13ClN2/c1-12-5-4-6-13(9-12)11-20-16-8-3-2-7-14(16)15(10-19)17(20)18/h2-9H,11H2,1H3. The number of aromatic nitrogens is 1. The Morgan fingerprint density at radius 2 is 1.95 bits per heavy atom. The van der Waals surface area contributed by atoms with Crippen LogP contribution in [-0.2, 0) is 6.54 Å². The molecule has 1 aromatic heterocycles. The molecule has 3 heteroatoms. The average molecular weight is 281 g/mol. The van der Waals surface area contributed by atoms with Crippen molar-refractivity contribution in [3.8, 4) is 6.07 Å². The molecule has 20 heavy (non-hydrogen) atoms. The van der Waals surface area contributed by atoms with Crippen molar-refractivity contribution in [1.29, 1.82) is 5.26 Å². The third kappa shape index (κ3) is 2.07. The number of hydrogen-bond donors (Lipinski definition) is 0. The van der Waals surface area contributed by atoms with Gasteiger partial charge < -0.3 is 4.57 Å². The Morgan fingerprint density at radius 3 is 2.70 bits per heavy atom. The van der Waals surface area contributed by atoms with Gasteiger partial charge in [0.1, 0.15) is 11.2 Å². The summed E-state index contributed by atoms with van der Waals surface area (Å²) >= 11 is 6.38. The number of para-hydroxylation sites is 1. The Kier molecular flexibility index (Phi) is 3.22. The van der Waals surface area contributed by atoms with Gasteiger partial charge in [-0.25, -0.2) is 0 Å². The Morgan fingerprint density at radius 1 is 1.15 bits per heavy atom. The van der Waals surface area contributed by atoms with Gasteiger partial charge in [0, 0.05) is 11.9 Å². The second kappa shape index (κ2) is 5.03. The zero-order valence-electron chi connectivity index (χ0n) is 11.1. The smallest absolute Gasteiger partial charge is 0.128 e. The molecule has 0 bridgehead atoms. The van der Waals surface area contributed by atoms with E-state index in [9.17, 15) is 5.26 Å². The van der Waals surface area contributed by atoms with E-state index in [-0.39, 0.29) is 0 Å². The van der Waals surface area contributed by atoms with Crippen molar-refractivity contribution in [1.82, 2.24) is 4.57 Å². The average Bonchev–Trinajstić information content (AvgIpc) is 2.72. The quantitative estimate of drug-likeness (QED) is 0.678. The molecule has 1 heterocycles. The maximum Gasteiger partial charge on any atom is 0.128 e. The number of nitriles is 1. The Labute approximate surface area is 122 Å². The first kappa shape index (κ1) is 12.8. The van der Waals surface area contributed by atoms with Gasteiger partial charge in [-0.15, -0.1) is 0 Å². The molecule has 0 spiro atoms. The van der Waals surface area contributed by atoms with Gasteiger partial charge in [-0.05, 0) is 18.6 Å². The normalized spacial score (nSPS) is 10.7. The van der Waals surface area contributed by atoms with Crippen LogP contribution < -0.4 is 0 Å². The van der Waals surface area contributed by atoms with Crippen molar-refractivity contribution in [3.63, 3.8) is 0 Å². The van der Waals surface area contributed by atoms with E-state index in [0.29, 0.717) is 17.3 Å². The van der Waals surface area contributed by atoms with Crippen molar-refractivity contribution in [2.24, 2.45) is 0 Å². The van der Waals surface area contributed by atoms with Crippen LogP contribution in [0.15, 0.2) is 48.5 Å². The summed E-state index contributed by atoms with van der Waals surface area (Å²) in [4.78, 5) is 0. The summed E-state index contributed by atoms with van der Waals surface area (Å²) < 4.78 is 1.99. The van der Waals surface area contributed by atoms with Crippen LogP contribution in [0.1, 0.15) is 16.7 Å². The van der Waals surface area contributed by atoms with E-state index in [2.05, 4.69) is 31.2 Å². The molecule has 3 rings (SSSR count). The maximum absolute atomic E-state index is 9.29. The number of nitrogens with zero attached hydrogens (tertiary/aromatic N) is 2. The van der Waals surface area contributed by atoms with Crippen molar-refractivity contribution in [3.05, 3.63) is 70.4 Å². The van der Waals surface area contributed by atoms with E-state index < -0.39 is 0 Å². The maximum atomic E-state index is 9.29. The van der Waals surface area contributed by atoms with Crippen molar-refractivity contribution < 1.29 is 0 Å². The SMILES string of the molecule is Cc1cccc(Cn2c(Cl)c(C#N)c3ccccc32)c1. The van der Waals surface area contributed by atoms with Crippen molar-refractivity contribution in [2.75, 3.05) is 0 Å². The van der Waals surface area contributed by atoms with Crippen LogP contribution in [0.25, 0.3) is 10.9 Å². The number of rotatable bonds is 2. The van der Waals surface area contributed by atoms with E-state index in [0.717, 1.165) is 10.9 Å². The van der Waals surface area contributed by atoms with E-state index in [1.54, 1.807) is 0 Å². The summed E-state index contributed by atoms with van der Waals surface area (Å²) in [7, 11) is 0. The van der Waals surface area contributed by atoms with Crippen LogP contribution in [0.5, 0.6) is 0 Å². The van der Waals surface area contributed by atoms with Gasteiger partial charge in [-0.2, -0.15) is 5.26 Å². The molecule has 98 valence electrons. The molecule has 0 saturated heterocycles. The third-order valence-corrected chi connectivity index (χ3v) is 3.84. The summed E-state index contributed by atoms with van der Waals surface area (Å²) in [5.74, 6) is 0. The van der Waals surface area contributed by atoms with Gasteiger partial charge in [0.25, 0.3) is 0 Å². The minimum absolute atomic E-state index is 0.509. The van der Waals surface area contributed by atoms with Crippen molar-refractivity contribution in [2.45, 2.75) is 13.5 Å². The summed E-state index contributed by atoms with van der Waals surface area (Å²) in [6.45, 7) is 2.74. The van der Waals surface area contributed by atoms with E-state index in [1.165, 1.54) is 11.1 Å². The molecule has 0 N–H and O–H groups in total. The Hall–Kier alpha value is -2.24. The lowest BCUT2D eigenvalue weighted by Gasteiger charge is -2.08. The fourth-order valence-corrected chi connectivity index (χ4v) is 2.82. The number of hydrogen-bond acceptors (Lipinski definition) is 1. The molecule has 0 aliphatic carbocycles. The molecule has 0 fully saturated rings. The Bertz CT molecular complexity index is 825. The monoisotopic (exact) mass is 280 g/mol. The predicted octanol–water partition coefficient (Wildman–Crippen LogP) is 4.52. The van der Waals surface area contributed by atoms with Crippen LogP contribution in [0.3, 0.4) is 0 Å². The van der Waals surface area contributed by atoms with E-state index in [1.807, 2.05) is 34.9 Å². The highest BCUT2D eigenvalue weighted by atomic mass is 35.5. The minimum atomic E-state index is 0.509. The number of benzene rings is 2. The first-order valence-electron chi connectivity index (χ1n) is 6.43. The number of aryl methyl sites for hydroxylation is 1. The summed E-state index contributed by atoms with van der Waals surface area (Å²) in [5.41, 5.74) is 3.94. The third-order valence-electron chi connectivity index (χ3n) is 3.44. The molecule has 0 saturated carbocycles. The molecular formula is C17H13ClN2. The van der Waals surface area contributed by atoms with E-state index >= 15 is 0 Å². The van der Waals surface area contributed by atoms with Gasteiger partial charge in [0.15, 0.2) is 0 Å². The highest BCUT2D eigenvalue weighted by molar-refractivity contribution is 6.32. The van der Waals surface area contributed by atoms with Crippen LogP contribution in [0, 0.1) is 18.3 Å². The fourth-order valence-electron chi connectivity index (χ4n) is 2.53. The molecule has 0 aliphatic heterocycles. The highest BCUT2D eigenvalue weighted by Gasteiger charge is 2.15. The lowest BCUT2D eigenvalue weighted by atomic mass is 10.1. The predicted molar refractivity (Wildman–Crippen MR) is 81.9 cm³/mol. The van der Waals surface area contributed by atoms with Crippen LogP contribution in [0.2, 0.25) is 5.15 Å². The molecule has 0 atom stereocenters. The lowest BCUT2D eigenvalue weighted by Crippen LogP contribution is -1.99. The largest absolute Gasteiger partial charge is 0.326 e. The summed E-state index contributed by atoms with van der Waals surface area (Å²) in [6.07, 6.45) is 0. The summed E-state index contributed by atoms with van der Waals surface area (Å²) in [6, 6.07) is 18.3. The molecule has 0 radical (unpaired) electrons. The topological polar surface area (TPSA) is 28.7 Å². The first-order chi connectivity index (χ1) is 9.70. The molecule has 3 aromatic rings. The van der Waals surface area contributed by atoms with Crippen molar-refractivity contribution >= 4 is 22.5 Å². The number of fused-ring (bicyclic) bond motifs is 1.